The molecule has 0 saturated carbocycles. The summed E-state index contributed by atoms with van der Waals surface area (Å²) in [5, 5.41) is 12.9. The van der Waals surface area contributed by atoms with Crippen LogP contribution in [0.5, 0.6) is 0 Å². The highest BCUT2D eigenvalue weighted by atomic mass is 35.5. The van der Waals surface area contributed by atoms with Crippen molar-refractivity contribution in [3.8, 4) is 0 Å². The lowest BCUT2D eigenvalue weighted by Gasteiger charge is -2.18. The Morgan fingerprint density at radius 3 is 2.36 bits per heavy atom. The highest BCUT2D eigenvalue weighted by molar-refractivity contribution is 6.30. The number of hydrogen-bond donors (Lipinski definition) is 2. The fraction of sp³-hybridized carbons (Fsp3) is 0.455. The van der Waals surface area contributed by atoms with Crippen LogP contribution in [-0.4, -0.2) is 17.8 Å². The Hall–Kier alpha value is -0.570. The van der Waals surface area contributed by atoms with Crippen molar-refractivity contribution in [2.24, 2.45) is 0 Å². The van der Waals surface area contributed by atoms with Crippen LogP contribution < -0.4 is 5.32 Å². The van der Waals surface area contributed by atoms with E-state index in [0.717, 1.165) is 5.02 Å². The molecule has 0 radical (unpaired) electrons. The van der Waals surface area contributed by atoms with Crippen molar-refractivity contribution in [1.29, 1.82) is 0 Å². The van der Waals surface area contributed by atoms with Crippen LogP contribution in [0.15, 0.2) is 24.3 Å². The van der Waals surface area contributed by atoms with Crippen LogP contribution in [0.1, 0.15) is 25.5 Å². The van der Waals surface area contributed by atoms with Crippen molar-refractivity contribution in [3.63, 3.8) is 0 Å². The van der Waals surface area contributed by atoms with Crippen molar-refractivity contribution in [1.82, 2.24) is 5.32 Å². The molecule has 0 aromatic heterocycles. The summed E-state index contributed by atoms with van der Waals surface area (Å²) in [7, 11) is 0. The Morgan fingerprint density at radius 1 is 1.29 bits per heavy atom. The summed E-state index contributed by atoms with van der Waals surface area (Å²) in [4.78, 5) is 0. The van der Waals surface area contributed by atoms with E-state index in [9.17, 15) is 0 Å². The third-order valence-corrected chi connectivity index (χ3v) is 2.43. The normalized spacial score (nSPS) is 15.1. The van der Waals surface area contributed by atoms with E-state index in [0.29, 0.717) is 0 Å². The number of rotatable bonds is 4. The summed E-state index contributed by atoms with van der Waals surface area (Å²) >= 11 is 5.79. The van der Waals surface area contributed by atoms with Gasteiger partial charge in [0.15, 0.2) is 0 Å². The molecule has 0 saturated heterocycles. The zero-order valence-electron chi connectivity index (χ0n) is 8.50. The Morgan fingerprint density at radius 2 is 1.86 bits per heavy atom. The van der Waals surface area contributed by atoms with Crippen molar-refractivity contribution < 1.29 is 5.11 Å². The predicted molar refractivity (Wildman–Crippen MR) is 59.6 cm³/mol. The van der Waals surface area contributed by atoms with E-state index in [1.165, 1.54) is 5.56 Å². The molecule has 0 aliphatic rings. The van der Waals surface area contributed by atoms with Crippen LogP contribution in [0, 0.1) is 0 Å². The second kappa shape index (κ2) is 5.35. The van der Waals surface area contributed by atoms with E-state index < -0.39 is 0 Å². The number of benzene rings is 1. The molecule has 0 heterocycles. The Bertz CT molecular complexity index is 273. The first-order chi connectivity index (χ1) is 6.63. The van der Waals surface area contributed by atoms with Gasteiger partial charge in [-0.3, -0.25) is 0 Å². The fourth-order valence-corrected chi connectivity index (χ4v) is 1.45. The molecule has 0 aliphatic carbocycles. The van der Waals surface area contributed by atoms with Crippen molar-refractivity contribution in [3.05, 3.63) is 34.9 Å². The maximum Gasteiger partial charge on any atom is 0.0582 e. The van der Waals surface area contributed by atoms with Gasteiger partial charge in [-0.05, 0) is 31.5 Å². The van der Waals surface area contributed by atoms with E-state index in [1.807, 2.05) is 31.2 Å². The SMILES string of the molecule is CC(CO)NC(C)c1ccc(Cl)cc1. The highest BCUT2D eigenvalue weighted by Crippen LogP contribution is 2.16. The number of hydrogen-bond acceptors (Lipinski definition) is 2. The number of aliphatic hydroxyl groups is 1. The number of halogens is 1. The average Bonchev–Trinajstić information content (AvgIpc) is 2.18. The average molecular weight is 214 g/mol. The molecule has 0 amide bonds. The van der Waals surface area contributed by atoms with Gasteiger partial charge < -0.3 is 10.4 Å². The molecule has 2 atom stereocenters. The molecule has 1 aromatic carbocycles. The Balaban J connectivity index is 2.60. The first kappa shape index (κ1) is 11.5. The standard InChI is InChI=1S/C11H16ClNO/c1-8(7-14)13-9(2)10-3-5-11(12)6-4-10/h3-6,8-9,13-14H,7H2,1-2H3. The van der Waals surface area contributed by atoms with E-state index in [1.54, 1.807) is 0 Å². The summed E-state index contributed by atoms with van der Waals surface area (Å²) in [6, 6.07) is 8.07. The number of aliphatic hydroxyl groups excluding tert-OH is 1. The first-order valence-corrected chi connectivity index (χ1v) is 5.13. The minimum Gasteiger partial charge on any atom is -0.395 e. The molecule has 0 spiro atoms. The molecule has 0 aliphatic heterocycles. The Labute approximate surface area is 89.9 Å². The van der Waals surface area contributed by atoms with E-state index >= 15 is 0 Å². The van der Waals surface area contributed by atoms with Crippen molar-refractivity contribution in [2.75, 3.05) is 6.61 Å². The van der Waals surface area contributed by atoms with Crippen molar-refractivity contribution >= 4 is 11.6 Å². The quantitative estimate of drug-likeness (QED) is 0.805. The summed E-state index contributed by atoms with van der Waals surface area (Å²) in [6.07, 6.45) is 0. The van der Waals surface area contributed by atoms with Gasteiger partial charge in [-0.15, -0.1) is 0 Å². The molecule has 0 bridgehead atoms. The predicted octanol–water partition coefficient (Wildman–Crippen LogP) is 2.37. The van der Waals surface area contributed by atoms with Crippen LogP contribution in [0.2, 0.25) is 5.02 Å². The lowest BCUT2D eigenvalue weighted by Crippen LogP contribution is -2.31. The zero-order valence-corrected chi connectivity index (χ0v) is 9.25. The summed E-state index contributed by atoms with van der Waals surface area (Å²) in [6.45, 7) is 4.17. The second-order valence-electron chi connectivity index (χ2n) is 3.52. The maximum absolute atomic E-state index is 8.89. The summed E-state index contributed by atoms with van der Waals surface area (Å²) in [5.74, 6) is 0. The molecular formula is C11H16ClNO. The lowest BCUT2D eigenvalue weighted by molar-refractivity contribution is 0.243. The third kappa shape index (κ3) is 3.29. The topological polar surface area (TPSA) is 32.3 Å². The lowest BCUT2D eigenvalue weighted by atomic mass is 10.1. The molecule has 1 rings (SSSR count). The van der Waals surface area contributed by atoms with Crippen LogP contribution in [0.3, 0.4) is 0 Å². The fourth-order valence-electron chi connectivity index (χ4n) is 1.33. The molecule has 14 heavy (non-hydrogen) atoms. The molecule has 0 fully saturated rings. The van der Waals surface area contributed by atoms with Gasteiger partial charge in [0.1, 0.15) is 0 Å². The molecule has 2 unspecified atom stereocenters. The molecular weight excluding hydrogens is 198 g/mol. The maximum atomic E-state index is 8.89. The first-order valence-electron chi connectivity index (χ1n) is 4.76. The van der Waals surface area contributed by atoms with Gasteiger partial charge in [-0.1, -0.05) is 23.7 Å². The molecule has 3 heteroatoms. The van der Waals surface area contributed by atoms with Gasteiger partial charge in [0.05, 0.1) is 6.61 Å². The smallest absolute Gasteiger partial charge is 0.0582 e. The second-order valence-corrected chi connectivity index (χ2v) is 3.96. The minimum absolute atomic E-state index is 0.112. The molecule has 2 N–H and O–H groups in total. The van der Waals surface area contributed by atoms with Gasteiger partial charge in [0.25, 0.3) is 0 Å². The highest BCUT2D eigenvalue weighted by Gasteiger charge is 2.07. The molecule has 2 nitrogen and oxygen atoms in total. The Kier molecular flexibility index (Phi) is 4.39. The van der Waals surface area contributed by atoms with Gasteiger partial charge in [-0.2, -0.15) is 0 Å². The van der Waals surface area contributed by atoms with Gasteiger partial charge in [0.2, 0.25) is 0 Å². The van der Waals surface area contributed by atoms with Crippen LogP contribution in [0.4, 0.5) is 0 Å². The van der Waals surface area contributed by atoms with Crippen LogP contribution in [-0.2, 0) is 0 Å². The van der Waals surface area contributed by atoms with E-state index in [2.05, 4.69) is 12.2 Å². The monoisotopic (exact) mass is 213 g/mol. The van der Waals surface area contributed by atoms with Gasteiger partial charge >= 0.3 is 0 Å². The largest absolute Gasteiger partial charge is 0.395 e. The summed E-state index contributed by atoms with van der Waals surface area (Å²) < 4.78 is 0. The van der Waals surface area contributed by atoms with Crippen LogP contribution in [0.25, 0.3) is 0 Å². The van der Waals surface area contributed by atoms with Gasteiger partial charge in [-0.25, -0.2) is 0 Å². The molecule has 78 valence electrons. The van der Waals surface area contributed by atoms with Crippen LogP contribution >= 0.6 is 11.6 Å². The van der Waals surface area contributed by atoms with Crippen molar-refractivity contribution in [2.45, 2.75) is 25.9 Å². The molecule has 1 aromatic rings. The van der Waals surface area contributed by atoms with E-state index in [-0.39, 0.29) is 18.7 Å². The minimum atomic E-state index is 0.112. The zero-order chi connectivity index (χ0) is 10.6. The number of nitrogens with one attached hydrogen (secondary N) is 1. The third-order valence-electron chi connectivity index (χ3n) is 2.18. The summed E-state index contributed by atoms with van der Waals surface area (Å²) in [5.41, 5.74) is 1.18. The van der Waals surface area contributed by atoms with E-state index in [4.69, 9.17) is 16.7 Å². The van der Waals surface area contributed by atoms with Gasteiger partial charge in [0, 0.05) is 17.1 Å².